The second kappa shape index (κ2) is 12.4. The molecule has 1 heterocycles. The van der Waals surface area contributed by atoms with Gasteiger partial charge in [0.25, 0.3) is 0 Å². The van der Waals surface area contributed by atoms with E-state index in [0.29, 0.717) is 38.1 Å². The topological polar surface area (TPSA) is 89.9 Å². The van der Waals surface area contributed by atoms with Crippen LogP contribution in [0.15, 0.2) is 36.4 Å². The normalized spacial score (nSPS) is 15.5. The average Bonchev–Trinajstić information content (AvgIpc) is 2.69. The van der Waals surface area contributed by atoms with Gasteiger partial charge in [0.15, 0.2) is 0 Å². The zero-order valence-electron chi connectivity index (χ0n) is 16.9. The highest BCUT2D eigenvalue weighted by atomic mass is 19.4. The summed E-state index contributed by atoms with van der Waals surface area (Å²) in [6.45, 7) is 0.902. The molecule has 180 valence electrons. The van der Waals surface area contributed by atoms with E-state index < -0.39 is 36.3 Å². The van der Waals surface area contributed by atoms with Gasteiger partial charge in [-0.1, -0.05) is 18.2 Å². The molecule has 2 rings (SSSR count). The van der Waals surface area contributed by atoms with Crippen molar-refractivity contribution in [3.63, 3.8) is 0 Å². The van der Waals surface area contributed by atoms with Gasteiger partial charge in [-0.2, -0.15) is 26.3 Å². The number of nitrogens with zero attached hydrogens (tertiary/aromatic N) is 1. The summed E-state index contributed by atoms with van der Waals surface area (Å²) in [4.78, 5) is 20.6. The maximum Gasteiger partial charge on any atom is 0.416 e. The zero-order chi connectivity index (χ0) is 24.4. The van der Waals surface area contributed by atoms with Crippen LogP contribution in [0, 0.1) is 0 Å². The molecule has 0 unspecified atom stereocenters. The van der Waals surface area contributed by atoms with Gasteiger partial charge in [0, 0.05) is 31.3 Å². The van der Waals surface area contributed by atoms with Crippen LogP contribution in [0.5, 0.6) is 0 Å². The second-order valence-electron chi connectivity index (χ2n) is 6.98. The van der Waals surface area contributed by atoms with Crippen LogP contribution in [-0.2, 0) is 22.3 Å². The third-order valence-corrected chi connectivity index (χ3v) is 4.57. The third kappa shape index (κ3) is 11.1. The highest BCUT2D eigenvalue weighted by molar-refractivity contribution is 5.89. The predicted octanol–water partition coefficient (Wildman–Crippen LogP) is 3.92. The summed E-state index contributed by atoms with van der Waals surface area (Å²) in [5.74, 6) is -2.51. The first-order chi connectivity index (χ1) is 14.8. The third-order valence-electron chi connectivity index (χ3n) is 4.57. The van der Waals surface area contributed by atoms with E-state index in [-0.39, 0.29) is 24.7 Å². The first-order valence-electron chi connectivity index (χ1n) is 9.60. The van der Waals surface area contributed by atoms with Crippen LogP contribution in [0.4, 0.5) is 26.3 Å². The van der Waals surface area contributed by atoms with E-state index in [9.17, 15) is 35.9 Å². The van der Waals surface area contributed by atoms with Crippen molar-refractivity contribution in [3.05, 3.63) is 47.5 Å². The predicted molar refractivity (Wildman–Crippen MR) is 103 cm³/mol. The minimum Gasteiger partial charge on any atom is -0.478 e. The number of halogens is 6. The molecule has 1 aromatic rings. The molecule has 0 spiro atoms. The number of carboxylic acids is 2. The first kappa shape index (κ1) is 27.4. The molecule has 0 radical (unpaired) electrons. The minimum atomic E-state index is -4.51. The Morgan fingerprint density at radius 3 is 2.00 bits per heavy atom. The van der Waals surface area contributed by atoms with Crippen LogP contribution in [0.1, 0.15) is 30.4 Å². The summed E-state index contributed by atoms with van der Waals surface area (Å²) in [5, 5.41) is 18.7. The lowest BCUT2D eigenvalue weighted by molar-refractivity contribution is -0.142. The molecule has 12 heteroatoms. The largest absolute Gasteiger partial charge is 0.478 e. The van der Waals surface area contributed by atoms with Crippen molar-refractivity contribution in [2.45, 2.75) is 44.2 Å². The van der Waals surface area contributed by atoms with Gasteiger partial charge in [-0.15, -0.1) is 0 Å². The van der Waals surface area contributed by atoms with Gasteiger partial charge in [-0.25, -0.2) is 9.59 Å². The molecule has 0 bridgehead atoms. The van der Waals surface area contributed by atoms with Crippen molar-refractivity contribution in [1.82, 2.24) is 10.2 Å². The van der Waals surface area contributed by atoms with Gasteiger partial charge in [-0.3, -0.25) is 4.90 Å². The Morgan fingerprint density at radius 2 is 1.53 bits per heavy atom. The van der Waals surface area contributed by atoms with Crippen LogP contribution < -0.4 is 5.32 Å². The fourth-order valence-corrected chi connectivity index (χ4v) is 3.13. The van der Waals surface area contributed by atoms with E-state index in [1.54, 1.807) is 4.90 Å². The Labute approximate surface area is 180 Å². The summed E-state index contributed by atoms with van der Waals surface area (Å²) in [5.41, 5.74) is -0.762. The fourth-order valence-electron chi connectivity index (χ4n) is 3.13. The second-order valence-corrected chi connectivity index (χ2v) is 6.98. The Balaban J connectivity index is 0.000000547. The summed E-state index contributed by atoms with van der Waals surface area (Å²) < 4.78 is 77.0. The molecular weight excluding hydrogens is 446 g/mol. The number of piperidine rings is 1. The molecule has 1 aromatic carbocycles. The monoisotopic (exact) mass is 470 g/mol. The highest BCUT2D eigenvalue weighted by Gasteiger charge is 2.35. The van der Waals surface area contributed by atoms with Crippen LogP contribution in [0.3, 0.4) is 0 Å². The van der Waals surface area contributed by atoms with E-state index in [0.717, 1.165) is 6.07 Å². The molecule has 0 saturated carbocycles. The molecular formula is C20H24F6N2O4. The lowest BCUT2D eigenvalue weighted by Crippen LogP contribution is -2.44. The molecule has 1 saturated heterocycles. The van der Waals surface area contributed by atoms with Gasteiger partial charge in [-0.05, 0) is 37.6 Å². The van der Waals surface area contributed by atoms with Gasteiger partial charge < -0.3 is 15.5 Å². The number of alkyl halides is 6. The zero-order valence-corrected chi connectivity index (χ0v) is 16.9. The quantitative estimate of drug-likeness (QED) is 0.414. The number of benzene rings is 1. The Hall–Kier alpha value is -2.60. The van der Waals surface area contributed by atoms with E-state index in [4.69, 9.17) is 10.2 Å². The molecule has 0 atom stereocenters. The standard InChI is InChI=1S/C16H20F6N2.C4H4O4/c17-15(18,19)7-10-24(13-5-8-23-9-6-13)11-12-3-1-2-4-14(12)16(20,21)22;5-3(6)1-2-4(7)8/h1-4,13,23H,5-11H2;1-2H,(H,5,6)(H,7,8)/b;2-1+. The van der Waals surface area contributed by atoms with Gasteiger partial charge in [0.1, 0.15) is 0 Å². The number of aliphatic carboxylic acids is 2. The number of carboxylic acid groups (broad SMARTS) is 2. The maximum atomic E-state index is 13.1. The SMILES string of the molecule is FC(F)(F)CCN(Cc1ccccc1C(F)(F)F)C1CCNCC1.O=C(O)/C=C/C(=O)O. The lowest BCUT2D eigenvalue weighted by atomic mass is 10.0. The van der Waals surface area contributed by atoms with E-state index in [1.807, 2.05) is 0 Å². The smallest absolute Gasteiger partial charge is 0.416 e. The molecule has 1 aliphatic heterocycles. The fraction of sp³-hybridized carbons (Fsp3) is 0.500. The number of hydrogen-bond acceptors (Lipinski definition) is 4. The highest BCUT2D eigenvalue weighted by Crippen LogP contribution is 2.33. The molecule has 0 amide bonds. The molecule has 0 aliphatic carbocycles. The maximum absolute atomic E-state index is 13.1. The molecule has 0 aromatic heterocycles. The molecule has 3 N–H and O–H groups in total. The Bertz CT molecular complexity index is 758. The summed E-state index contributed by atoms with van der Waals surface area (Å²) in [7, 11) is 0. The first-order valence-corrected chi connectivity index (χ1v) is 9.60. The Morgan fingerprint density at radius 1 is 1.00 bits per heavy atom. The van der Waals surface area contributed by atoms with Crippen molar-refractivity contribution in [2.75, 3.05) is 19.6 Å². The summed E-state index contributed by atoms with van der Waals surface area (Å²) >= 11 is 0. The summed E-state index contributed by atoms with van der Waals surface area (Å²) in [6, 6.07) is 4.94. The molecule has 1 aliphatic rings. The van der Waals surface area contributed by atoms with E-state index in [1.165, 1.54) is 18.2 Å². The minimum absolute atomic E-state index is 0.0192. The van der Waals surface area contributed by atoms with E-state index >= 15 is 0 Å². The van der Waals surface area contributed by atoms with Crippen molar-refractivity contribution in [1.29, 1.82) is 0 Å². The Kier molecular flexibility index (Phi) is 10.7. The van der Waals surface area contributed by atoms with Crippen molar-refractivity contribution < 1.29 is 46.1 Å². The van der Waals surface area contributed by atoms with E-state index in [2.05, 4.69) is 5.32 Å². The van der Waals surface area contributed by atoms with Gasteiger partial charge in [0.2, 0.25) is 0 Å². The van der Waals surface area contributed by atoms with Crippen LogP contribution >= 0.6 is 0 Å². The molecule has 1 fully saturated rings. The van der Waals surface area contributed by atoms with Gasteiger partial charge >= 0.3 is 24.3 Å². The van der Waals surface area contributed by atoms with Crippen molar-refractivity contribution >= 4 is 11.9 Å². The number of carbonyl (C=O) groups is 2. The average molecular weight is 470 g/mol. The lowest BCUT2D eigenvalue weighted by Gasteiger charge is -2.35. The number of rotatable bonds is 7. The van der Waals surface area contributed by atoms with Crippen molar-refractivity contribution in [3.8, 4) is 0 Å². The molecule has 32 heavy (non-hydrogen) atoms. The van der Waals surface area contributed by atoms with Crippen LogP contribution in [0.2, 0.25) is 0 Å². The van der Waals surface area contributed by atoms with Crippen LogP contribution in [-0.4, -0.2) is 58.9 Å². The van der Waals surface area contributed by atoms with Crippen molar-refractivity contribution in [2.24, 2.45) is 0 Å². The van der Waals surface area contributed by atoms with Gasteiger partial charge in [0.05, 0.1) is 12.0 Å². The summed E-state index contributed by atoms with van der Waals surface area (Å²) in [6.07, 6.45) is -7.48. The number of nitrogens with one attached hydrogen (secondary N) is 1. The molecule has 6 nitrogen and oxygen atoms in total. The number of hydrogen-bond donors (Lipinski definition) is 3. The van der Waals surface area contributed by atoms with Crippen LogP contribution in [0.25, 0.3) is 0 Å².